The molecule has 0 fully saturated rings. The van der Waals surface area contributed by atoms with Crippen LogP contribution in [0.4, 0.5) is 11.4 Å². The zero-order valence-corrected chi connectivity index (χ0v) is 7.95. The number of aliphatic hydroxyl groups excluding tert-OH is 1. The topological polar surface area (TPSA) is 52.6 Å². The normalized spacial score (nSPS) is 15.0. The van der Waals surface area contributed by atoms with Crippen LogP contribution in [0.25, 0.3) is 0 Å². The Morgan fingerprint density at radius 2 is 2.36 bits per heavy atom. The number of rotatable bonds is 1. The first-order valence-electron chi connectivity index (χ1n) is 4.46. The number of hydrogen-bond acceptors (Lipinski definition) is 3. The monoisotopic (exact) mass is 192 g/mol. The summed E-state index contributed by atoms with van der Waals surface area (Å²) in [5.74, 6) is 0.0348. The molecule has 0 radical (unpaired) electrons. The van der Waals surface area contributed by atoms with Gasteiger partial charge in [-0.15, -0.1) is 0 Å². The third-order valence-corrected chi connectivity index (χ3v) is 2.41. The molecule has 0 atom stereocenters. The Labute approximate surface area is 82.2 Å². The third-order valence-electron chi connectivity index (χ3n) is 2.41. The predicted molar refractivity (Wildman–Crippen MR) is 54.3 cm³/mol. The maximum Gasteiger partial charge on any atom is 0.246 e. The number of nitrogens with one attached hydrogen (secondary N) is 1. The Hall–Kier alpha value is -1.55. The van der Waals surface area contributed by atoms with E-state index in [-0.39, 0.29) is 12.5 Å². The Morgan fingerprint density at radius 3 is 3.07 bits per heavy atom. The maximum atomic E-state index is 11.4. The van der Waals surface area contributed by atoms with Gasteiger partial charge in [-0.1, -0.05) is 6.07 Å². The number of fused-ring (bicyclic) bond motifs is 1. The highest BCUT2D eigenvalue weighted by Crippen LogP contribution is 2.29. The summed E-state index contributed by atoms with van der Waals surface area (Å²) in [6, 6.07) is 5.54. The molecule has 1 aromatic carbocycles. The molecule has 4 nitrogen and oxygen atoms in total. The zero-order chi connectivity index (χ0) is 10.1. The van der Waals surface area contributed by atoms with Gasteiger partial charge in [-0.25, -0.2) is 0 Å². The molecular weight excluding hydrogens is 180 g/mol. The molecule has 4 heteroatoms. The van der Waals surface area contributed by atoms with Crippen molar-refractivity contribution in [1.82, 2.24) is 0 Å². The van der Waals surface area contributed by atoms with E-state index in [1.165, 1.54) is 0 Å². The molecule has 2 N–H and O–H groups in total. The van der Waals surface area contributed by atoms with Gasteiger partial charge in [0.25, 0.3) is 0 Å². The van der Waals surface area contributed by atoms with Crippen LogP contribution in [0, 0.1) is 0 Å². The molecule has 0 aromatic heterocycles. The van der Waals surface area contributed by atoms with Gasteiger partial charge < -0.3 is 15.3 Å². The summed E-state index contributed by atoms with van der Waals surface area (Å²) >= 11 is 0. The lowest BCUT2D eigenvalue weighted by Gasteiger charge is -2.27. The summed E-state index contributed by atoms with van der Waals surface area (Å²) in [5, 5.41) is 12.0. The number of carbonyl (C=O) groups excluding carboxylic acids is 1. The van der Waals surface area contributed by atoms with E-state index in [1.807, 2.05) is 18.2 Å². The molecule has 0 saturated heterocycles. The quantitative estimate of drug-likeness (QED) is 0.684. The van der Waals surface area contributed by atoms with Crippen molar-refractivity contribution in [3.63, 3.8) is 0 Å². The van der Waals surface area contributed by atoms with Crippen molar-refractivity contribution in [3.8, 4) is 0 Å². The van der Waals surface area contributed by atoms with Gasteiger partial charge in [-0.2, -0.15) is 0 Å². The second-order valence-electron chi connectivity index (χ2n) is 3.32. The van der Waals surface area contributed by atoms with Crippen LogP contribution in [-0.4, -0.2) is 24.6 Å². The van der Waals surface area contributed by atoms with Gasteiger partial charge in [0.05, 0.1) is 24.5 Å². The van der Waals surface area contributed by atoms with E-state index >= 15 is 0 Å². The summed E-state index contributed by atoms with van der Waals surface area (Å²) in [7, 11) is 1.74. The van der Waals surface area contributed by atoms with Crippen molar-refractivity contribution in [2.75, 3.05) is 23.8 Å². The van der Waals surface area contributed by atoms with Crippen molar-refractivity contribution < 1.29 is 9.90 Å². The molecule has 1 heterocycles. The number of amides is 1. The van der Waals surface area contributed by atoms with Crippen molar-refractivity contribution in [2.45, 2.75) is 6.61 Å². The number of nitrogens with zero attached hydrogens (tertiary/aromatic N) is 1. The van der Waals surface area contributed by atoms with Crippen molar-refractivity contribution in [3.05, 3.63) is 23.8 Å². The second kappa shape index (κ2) is 3.31. The zero-order valence-electron chi connectivity index (χ0n) is 7.95. The van der Waals surface area contributed by atoms with Gasteiger partial charge in [0.15, 0.2) is 0 Å². The minimum atomic E-state index is -0.00465. The van der Waals surface area contributed by atoms with Gasteiger partial charge in [0, 0.05) is 7.05 Å². The molecule has 1 aliphatic rings. The van der Waals surface area contributed by atoms with Crippen LogP contribution in [0.2, 0.25) is 0 Å². The molecule has 0 aliphatic carbocycles. The van der Waals surface area contributed by atoms with Crippen LogP contribution in [0.1, 0.15) is 5.56 Å². The lowest BCUT2D eigenvalue weighted by Crippen LogP contribution is -2.36. The van der Waals surface area contributed by atoms with Crippen LogP contribution >= 0.6 is 0 Å². The van der Waals surface area contributed by atoms with E-state index in [9.17, 15) is 4.79 Å². The molecule has 74 valence electrons. The van der Waals surface area contributed by atoms with Gasteiger partial charge in [-0.05, 0) is 17.7 Å². The van der Waals surface area contributed by atoms with Gasteiger partial charge >= 0.3 is 0 Å². The van der Waals surface area contributed by atoms with Gasteiger partial charge in [0.1, 0.15) is 0 Å². The fraction of sp³-hybridized carbons (Fsp3) is 0.300. The Balaban J connectivity index is 2.46. The Bertz CT molecular complexity index is 376. The molecule has 0 saturated carbocycles. The summed E-state index contributed by atoms with van der Waals surface area (Å²) < 4.78 is 0. The number of benzene rings is 1. The van der Waals surface area contributed by atoms with E-state index in [0.717, 1.165) is 16.9 Å². The number of aliphatic hydroxyl groups is 1. The van der Waals surface area contributed by atoms with Gasteiger partial charge in [0.2, 0.25) is 5.91 Å². The minimum Gasteiger partial charge on any atom is -0.392 e. The van der Waals surface area contributed by atoms with Crippen LogP contribution in [0.15, 0.2) is 18.2 Å². The number of anilines is 2. The standard InChI is InChI=1S/C10H12N2O2/c1-12-9-4-7(6-13)2-3-8(9)11-5-10(12)14/h2-4,11,13H,5-6H2,1H3. The molecule has 0 bridgehead atoms. The highest BCUT2D eigenvalue weighted by Gasteiger charge is 2.19. The molecule has 1 aromatic rings. The Morgan fingerprint density at radius 1 is 1.57 bits per heavy atom. The molecular formula is C10H12N2O2. The Kier molecular flexibility index (Phi) is 2.13. The SMILES string of the molecule is CN1C(=O)CNc2ccc(CO)cc21. The van der Waals surface area contributed by atoms with Crippen LogP contribution in [0.3, 0.4) is 0 Å². The van der Waals surface area contributed by atoms with E-state index in [0.29, 0.717) is 6.54 Å². The van der Waals surface area contributed by atoms with E-state index in [2.05, 4.69) is 5.32 Å². The largest absolute Gasteiger partial charge is 0.392 e. The first-order chi connectivity index (χ1) is 6.72. The molecule has 2 rings (SSSR count). The van der Waals surface area contributed by atoms with Crippen LogP contribution in [0.5, 0.6) is 0 Å². The number of carbonyl (C=O) groups is 1. The minimum absolute atomic E-state index is 0.00465. The highest BCUT2D eigenvalue weighted by atomic mass is 16.3. The highest BCUT2D eigenvalue weighted by molar-refractivity contribution is 6.02. The summed E-state index contributed by atoms with van der Waals surface area (Å²) in [6.07, 6.45) is 0. The van der Waals surface area contributed by atoms with E-state index in [4.69, 9.17) is 5.11 Å². The summed E-state index contributed by atoms with van der Waals surface area (Å²) in [6.45, 7) is 0.331. The molecule has 0 spiro atoms. The summed E-state index contributed by atoms with van der Waals surface area (Å²) in [5.41, 5.74) is 2.57. The average Bonchev–Trinajstić information content (AvgIpc) is 2.23. The van der Waals surface area contributed by atoms with Crippen LogP contribution < -0.4 is 10.2 Å². The van der Waals surface area contributed by atoms with E-state index in [1.54, 1.807) is 11.9 Å². The molecule has 1 aliphatic heterocycles. The first kappa shape index (κ1) is 9.02. The third kappa shape index (κ3) is 1.33. The first-order valence-corrected chi connectivity index (χ1v) is 4.46. The van der Waals surface area contributed by atoms with Crippen molar-refractivity contribution in [2.24, 2.45) is 0 Å². The predicted octanol–water partition coefficient (Wildman–Crippen LogP) is 0.567. The lowest BCUT2D eigenvalue weighted by molar-refractivity contribution is -0.116. The molecule has 1 amide bonds. The van der Waals surface area contributed by atoms with Crippen LogP contribution in [-0.2, 0) is 11.4 Å². The summed E-state index contributed by atoms with van der Waals surface area (Å²) in [4.78, 5) is 13.0. The second-order valence-corrected chi connectivity index (χ2v) is 3.32. The van der Waals surface area contributed by atoms with Gasteiger partial charge in [-0.3, -0.25) is 4.79 Å². The number of hydrogen-bond donors (Lipinski definition) is 2. The average molecular weight is 192 g/mol. The lowest BCUT2D eigenvalue weighted by atomic mass is 10.1. The van der Waals surface area contributed by atoms with Crippen molar-refractivity contribution >= 4 is 17.3 Å². The van der Waals surface area contributed by atoms with Crippen molar-refractivity contribution in [1.29, 1.82) is 0 Å². The maximum absolute atomic E-state index is 11.4. The fourth-order valence-electron chi connectivity index (χ4n) is 1.53. The smallest absolute Gasteiger partial charge is 0.246 e. The molecule has 0 unspecified atom stereocenters. The fourth-order valence-corrected chi connectivity index (χ4v) is 1.53. The number of likely N-dealkylation sites (N-methyl/N-ethyl adjacent to an activating group) is 1. The molecule has 14 heavy (non-hydrogen) atoms. The van der Waals surface area contributed by atoms with E-state index < -0.39 is 0 Å².